The molecule has 0 bridgehead atoms. The van der Waals surface area contributed by atoms with E-state index in [1.807, 2.05) is 31.2 Å². The number of carbonyl (C=O) groups is 1. The van der Waals surface area contributed by atoms with Gasteiger partial charge in [-0.15, -0.1) is 0 Å². The molecule has 0 atom stereocenters. The zero-order chi connectivity index (χ0) is 21.8. The van der Waals surface area contributed by atoms with Gasteiger partial charge in [-0.3, -0.25) is 9.79 Å². The summed E-state index contributed by atoms with van der Waals surface area (Å²) in [7, 11) is 1.54. The molecule has 0 heterocycles. The predicted molar refractivity (Wildman–Crippen MR) is 111 cm³/mol. The van der Waals surface area contributed by atoms with Crippen LogP contribution in [-0.2, 0) is 0 Å². The Hall–Kier alpha value is -3.16. The van der Waals surface area contributed by atoms with Crippen molar-refractivity contribution in [1.82, 2.24) is 5.32 Å². The molecule has 2 aromatic rings. The Balaban J connectivity index is 2.55. The molecule has 2 rings (SSSR count). The van der Waals surface area contributed by atoms with Crippen molar-refractivity contribution in [2.75, 3.05) is 12.1 Å². The maximum atomic E-state index is 13.2. The molecule has 5 nitrogen and oxygen atoms in total. The fraction of sp³-hybridized carbons (Fsp3) is 0.286. The van der Waals surface area contributed by atoms with E-state index in [1.165, 1.54) is 17.4 Å². The number of benzene rings is 2. The van der Waals surface area contributed by atoms with Crippen LogP contribution in [-0.4, -0.2) is 37.7 Å². The van der Waals surface area contributed by atoms with Crippen LogP contribution in [0.25, 0.3) is 11.1 Å². The summed E-state index contributed by atoms with van der Waals surface area (Å²) in [6.07, 6.45) is -3.20. The van der Waals surface area contributed by atoms with Crippen LogP contribution in [0.15, 0.2) is 52.6 Å². The number of carbonyl (C=O) groups excluding carboxylic acids is 1. The monoisotopic (exact) mass is 404 g/mol. The van der Waals surface area contributed by atoms with Crippen LogP contribution < -0.4 is 10.3 Å². The van der Waals surface area contributed by atoms with Crippen molar-refractivity contribution in [3.8, 4) is 11.1 Å². The minimum absolute atomic E-state index is 0.0635. The molecule has 0 fully saturated rings. The molecule has 29 heavy (non-hydrogen) atoms. The number of aryl methyl sites for hydroxylation is 1. The van der Waals surface area contributed by atoms with Crippen LogP contribution in [0.2, 0.25) is 0 Å². The fourth-order valence-electron chi connectivity index (χ4n) is 2.51. The number of amides is 1. The lowest BCUT2D eigenvalue weighted by Gasteiger charge is -2.29. The molecule has 2 aromatic carbocycles. The molecule has 0 spiro atoms. The Morgan fingerprint density at radius 1 is 1.10 bits per heavy atom. The summed E-state index contributed by atoms with van der Waals surface area (Å²) >= 11 is 0. The van der Waals surface area contributed by atoms with Gasteiger partial charge in [0.25, 0.3) is 5.91 Å². The summed E-state index contributed by atoms with van der Waals surface area (Å²) in [5.74, 6) is -0.847. The molecular weight excluding hydrogens is 381 g/mol. The Bertz CT molecular complexity index is 919. The first-order chi connectivity index (χ1) is 13.5. The Morgan fingerprint density at radius 3 is 2.24 bits per heavy atom. The normalized spacial score (nSPS) is 12.1. The van der Waals surface area contributed by atoms with E-state index in [-0.39, 0.29) is 5.56 Å². The van der Waals surface area contributed by atoms with Crippen LogP contribution in [0, 0.1) is 6.92 Å². The number of aliphatic imine (C=N–C) groups is 1. The zero-order valence-electron chi connectivity index (χ0n) is 16.7. The molecule has 0 aliphatic carbocycles. The van der Waals surface area contributed by atoms with E-state index in [0.29, 0.717) is 11.3 Å². The van der Waals surface area contributed by atoms with Crippen molar-refractivity contribution in [1.29, 1.82) is 0 Å². The lowest BCUT2D eigenvalue weighted by Crippen LogP contribution is -2.54. The van der Waals surface area contributed by atoms with Gasteiger partial charge in [-0.05, 0) is 50.1 Å². The molecule has 8 heteroatoms. The van der Waals surface area contributed by atoms with Crippen molar-refractivity contribution in [2.45, 2.75) is 32.5 Å². The van der Waals surface area contributed by atoms with Gasteiger partial charge in [0.2, 0.25) is 0 Å². The van der Waals surface area contributed by atoms with Gasteiger partial charge in [0.05, 0.1) is 5.69 Å². The zero-order valence-corrected chi connectivity index (χ0v) is 16.7. The van der Waals surface area contributed by atoms with Crippen molar-refractivity contribution in [3.63, 3.8) is 0 Å². The number of nitrogens with zero attached hydrogens (tertiary/aromatic N) is 3. The third kappa shape index (κ3) is 5.22. The quantitative estimate of drug-likeness (QED) is 0.427. The van der Waals surface area contributed by atoms with Crippen LogP contribution >= 0.6 is 0 Å². The highest BCUT2D eigenvalue weighted by atomic mass is 19.4. The molecule has 154 valence electrons. The molecule has 0 saturated carbocycles. The van der Waals surface area contributed by atoms with Gasteiger partial charge in [-0.2, -0.15) is 18.3 Å². The van der Waals surface area contributed by atoms with E-state index in [4.69, 9.17) is 0 Å². The van der Waals surface area contributed by atoms with Gasteiger partial charge < -0.3 is 5.32 Å². The molecule has 0 radical (unpaired) electrons. The largest absolute Gasteiger partial charge is 0.410 e. The van der Waals surface area contributed by atoms with Crippen molar-refractivity contribution >= 4 is 24.7 Å². The average Bonchev–Trinajstić information content (AvgIpc) is 2.65. The number of alkyl halides is 3. The van der Waals surface area contributed by atoms with Crippen LogP contribution in [0.4, 0.5) is 18.9 Å². The third-order valence-electron chi connectivity index (χ3n) is 4.34. The minimum atomic E-state index is -4.59. The first kappa shape index (κ1) is 22.1. The number of nitrogens with one attached hydrogen (secondary N) is 1. The first-order valence-electron chi connectivity index (χ1n) is 8.78. The summed E-state index contributed by atoms with van der Waals surface area (Å²) in [6.45, 7) is 7.24. The number of hydrogen-bond donors (Lipinski definition) is 1. The SMILES string of the molecule is C=NN(C=NC)c1cc(C(=O)NC(C)(C)C(F)(F)F)cc(-c2ccc(C)cc2)c1. The summed E-state index contributed by atoms with van der Waals surface area (Å²) < 4.78 is 39.6. The number of hydrazone groups is 1. The second-order valence-corrected chi connectivity index (χ2v) is 7.07. The average molecular weight is 404 g/mol. The van der Waals surface area contributed by atoms with E-state index in [9.17, 15) is 18.0 Å². The molecule has 0 aliphatic rings. The van der Waals surface area contributed by atoms with Gasteiger partial charge in [0.15, 0.2) is 0 Å². The number of hydrogen-bond acceptors (Lipinski definition) is 3. The minimum Gasteiger partial charge on any atom is -0.338 e. The van der Waals surface area contributed by atoms with Crippen molar-refractivity contribution < 1.29 is 18.0 Å². The lowest BCUT2D eigenvalue weighted by atomic mass is 9.99. The van der Waals surface area contributed by atoms with Crippen LogP contribution in [0.5, 0.6) is 0 Å². The summed E-state index contributed by atoms with van der Waals surface area (Å²) in [5, 5.41) is 7.22. The Morgan fingerprint density at radius 2 is 1.72 bits per heavy atom. The molecule has 0 unspecified atom stereocenters. The van der Waals surface area contributed by atoms with E-state index in [2.05, 4.69) is 22.1 Å². The van der Waals surface area contributed by atoms with Gasteiger partial charge >= 0.3 is 6.18 Å². The fourth-order valence-corrected chi connectivity index (χ4v) is 2.51. The topological polar surface area (TPSA) is 57.1 Å². The van der Waals surface area contributed by atoms with Crippen molar-refractivity contribution in [3.05, 3.63) is 53.6 Å². The summed E-state index contributed by atoms with van der Waals surface area (Å²) in [5.41, 5.74) is 0.634. The van der Waals surface area contributed by atoms with Gasteiger partial charge in [-0.25, -0.2) is 5.01 Å². The number of halogens is 3. The Labute approximate surface area is 168 Å². The molecule has 0 saturated heterocycles. The highest BCUT2D eigenvalue weighted by Crippen LogP contribution is 2.31. The molecule has 1 N–H and O–H groups in total. The van der Waals surface area contributed by atoms with Gasteiger partial charge in [0.1, 0.15) is 11.9 Å². The van der Waals surface area contributed by atoms with Crippen LogP contribution in [0.3, 0.4) is 0 Å². The van der Waals surface area contributed by atoms with E-state index >= 15 is 0 Å². The summed E-state index contributed by atoms with van der Waals surface area (Å²) in [4.78, 5) is 16.5. The molecule has 1 amide bonds. The lowest BCUT2D eigenvalue weighted by molar-refractivity contribution is -0.182. The predicted octanol–water partition coefficient (Wildman–Crippen LogP) is 4.81. The second kappa shape index (κ2) is 8.46. The molecule has 0 aliphatic heterocycles. The Kier molecular flexibility index (Phi) is 6.46. The van der Waals surface area contributed by atoms with Gasteiger partial charge in [-0.1, -0.05) is 29.8 Å². The van der Waals surface area contributed by atoms with E-state index in [1.54, 1.807) is 19.2 Å². The molecule has 0 aromatic heterocycles. The molecular formula is C21H23F3N4O. The van der Waals surface area contributed by atoms with E-state index < -0.39 is 17.6 Å². The smallest absolute Gasteiger partial charge is 0.338 e. The second-order valence-electron chi connectivity index (χ2n) is 7.07. The van der Waals surface area contributed by atoms with Gasteiger partial charge in [0, 0.05) is 19.3 Å². The maximum Gasteiger partial charge on any atom is 0.410 e. The summed E-state index contributed by atoms with van der Waals surface area (Å²) in [6, 6.07) is 12.3. The third-order valence-corrected chi connectivity index (χ3v) is 4.34. The highest BCUT2D eigenvalue weighted by molar-refractivity contribution is 5.98. The van der Waals surface area contributed by atoms with Crippen molar-refractivity contribution in [2.24, 2.45) is 10.1 Å². The number of rotatable bonds is 6. The first-order valence-corrected chi connectivity index (χ1v) is 8.78. The van der Waals surface area contributed by atoms with E-state index in [0.717, 1.165) is 25.0 Å². The highest BCUT2D eigenvalue weighted by Gasteiger charge is 2.48. The van der Waals surface area contributed by atoms with Crippen LogP contribution in [0.1, 0.15) is 29.8 Å². The number of anilines is 1. The maximum absolute atomic E-state index is 13.2. The standard InChI is InChI=1S/C21H23F3N4O/c1-14-6-8-15(9-7-14)16-10-17(12-18(11-16)28(26-5)13-25-4)19(29)27-20(2,3)21(22,23)24/h6-13H,5H2,1-4H3,(H,27,29).